The van der Waals surface area contributed by atoms with Gasteiger partial charge >= 0.3 is 0 Å². The molecule has 1 N–H and O–H groups in total. The van der Waals surface area contributed by atoms with Crippen molar-refractivity contribution in [2.24, 2.45) is 0 Å². The van der Waals surface area contributed by atoms with Gasteiger partial charge in [-0.15, -0.1) is 0 Å². The summed E-state index contributed by atoms with van der Waals surface area (Å²) in [4.78, 5) is 4.25. The second-order valence-electron chi connectivity index (χ2n) is 6.76. The van der Waals surface area contributed by atoms with Gasteiger partial charge in [0.2, 0.25) is 0 Å². The van der Waals surface area contributed by atoms with Crippen LogP contribution in [0.5, 0.6) is 0 Å². The van der Waals surface area contributed by atoms with Crippen molar-refractivity contribution in [3.63, 3.8) is 0 Å². The molecule has 0 spiro atoms. The molecule has 2 aliphatic rings. The molecule has 2 aliphatic heterocycles. The lowest BCUT2D eigenvalue weighted by atomic mass is 10.0. The number of hydrogen-bond donors (Lipinski definition) is 1. The van der Waals surface area contributed by atoms with E-state index in [1.807, 2.05) is 0 Å². The van der Waals surface area contributed by atoms with Crippen LogP contribution < -0.4 is 4.90 Å². The first-order valence-corrected chi connectivity index (χ1v) is 8.77. The Morgan fingerprint density at radius 2 is 1.57 bits per heavy atom. The van der Waals surface area contributed by atoms with Gasteiger partial charge in [0.25, 0.3) is 0 Å². The van der Waals surface area contributed by atoms with Crippen LogP contribution in [0.3, 0.4) is 0 Å². The molecule has 0 atom stereocenters. The van der Waals surface area contributed by atoms with Crippen LogP contribution >= 0.6 is 0 Å². The standard InChI is InChI=1S/C18H26F2N2O/c19-17-12-14(22-7-2-1-3-8-22)13-18(20)16(17)6-11-21-9-4-15(23)5-10-21/h12-13,15,23H,1-11H2. The van der Waals surface area contributed by atoms with Crippen LogP contribution in [0, 0.1) is 11.6 Å². The van der Waals surface area contributed by atoms with Crippen molar-refractivity contribution in [3.05, 3.63) is 29.3 Å². The topological polar surface area (TPSA) is 26.7 Å². The first-order chi connectivity index (χ1) is 11.1. The van der Waals surface area contributed by atoms with Crippen molar-refractivity contribution in [2.75, 3.05) is 37.6 Å². The average Bonchev–Trinajstić information content (AvgIpc) is 2.56. The Bertz CT molecular complexity index is 501. The molecule has 3 rings (SSSR count). The summed E-state index contributed by atoms with van der Waals surface area (Å²) in [5.41, 5.74) is 0.862. The molecule has 3 nitrogen and oxygen atoms in total. The maximum atomic E-state index is 14.4. The van der Waals surface area contributed by atoms with Gasteiger partial charge in [-0.1, -0.05) is 0 Å². The number of halogens is 2. The lowest BCUT2D eigenvalue weighted by Gasteiger charge is -2.30. The average molecular weight is 324 g/mol. The van der Waals surface area contributed by atoms with E-state index >= 15 is 0 Å². The summed E-state index contributed by atoms with van der Waals surface area (Å²) in [6.07, 6.45) is 5.04. The van der Waals surface area contributed by atoms with Crippen molar-refractivity contribution in [1.29, 1.82) is 0 Å². The third-order valence-corrected chi connectivity index (χ3v) is 5.08. The number of anilines is 1. The van der Waals surface area contributed by atoms with E-state index in [0.717, 1.165) is 51.9 Å². The number of rotatable bonds is 4. The van der Waals surface area contributed by atoms with Crippen LogP contribution in [0.1, 0.15) is 37.7 Å². The van der Waals surface area contributed by atoms with Gasteiger partial charge < -0.3 is 14.9 Å². The first-order valence-electron chi connectivity index (χ1n) is 8.77. The zero-order valence-corrected chi connectivity index (χ0v) is 13.6. The molecule has 1 aromatic carbocycles. The predicted octanol–water partition coefficient (Wildman–Crippen LogP) is 2.95. The second-order valence-corrected chi connectivity index (χ2v) is 6.76. The Labute approximate surface area is 136 Å². The molecule has 0 radical (unpaired) electrons. The Balaban J connectivity index is 1.63. The minimum atomic E-state index is -0.428. The molecule has 0 saturated carbocycles. The normalized spacial score (nSPS) is 20.9. The Hall–Kier alpha value is -1.20. The van der Waals surface area contributed by atoms with E-state index in [2.05, 4.69) is 9.80 Å². The highest BCUT2D eigenvalue weighted by Gasteiger charge is 2.20. The molecule has 128 valence electrons. The molecule has 5 heteroatoms. The molecule has 0 amide bonds. The highest BCUT2D eigenvalue weighted by molar-refractivity contribution is 5.49. The monoisotopic (exact) mass is 324 g/mol. The summed E-state index contributed by atoms with van der Waals surface area (Å²) in [5.74, 6) is -0.856. The quantitative estimate of drug-likeness (QED) is 0.922. The third-order valence-electron chi connectivity index (χ3n) is 5.08. The van der Waals surface area contributed by atoms with Crippen molar-refractivity contribution in [3.8, 4) is 0 Å². The molecule has 2 saturated heterocycles. The summed E-state index contributed by atoms with van der Waals surface area (Å²) >= 11 is 0. The number of aliphatic hydroxyl groups excluding tert-OH is 1. The highest BCUT2D eigenvalue weighted by atomic mass is 19.1. The smallest absolute Gasteiger partial charge is 0.131 e. The predicted molar refractivity (Wildman–Crippen MR) is 87.8 cm³/mol. The Morgan fingerprint density at radius 1 is 0.957 bits per heavy atom. The van der Waals surface area contributed by atoms with Gasteiger partial charge in [-0.25, -0.2) is 8.78 Å². The molecular formula is C18H26F2N2O. The van der Waals surface area contributed by atoms with Crippen LogP contribution in [0.15, 0.2) is 12.1 Å². The lowest BCUT2D eigenvalue weighted by Crippen LogP contribution is -2.37. The highest BCUT2D eigenvalue weighted by Crippen LogP contribution is 2.25. The summed E-state index contributed by atoms with van der Waals surface area (Å²) < 4.78 is 28.7. The second kappa shape index (κ2) is 7.58. The van der Waals surface area contributed by atoms with Crippen LogP contribution in [0.25, 0.3) is 0 Å². The largest absolute Gasteiger partial charge is 0.393 e. The number of benzene rings is 1. The summed E-state index contributed by atoms with van der Waals surface area (Å²) in [5, 5.41) is 9.50. The summed E-state index contributed by atoms with van der Waals surface area (Å²) in [7, 11) is 0. The third kappa shape index (κ3) is 4.21. The van der Waals surface area contributed by atoms with Gasteiger partial charge in [0.05, 0.1) is 6.10 Å². The van der Waals surface area contributed by atoms with Gasteiger partial charge in [-0.3, -0.25) is 0 Å². The SMILES string of the molecule is OC1CCN(CCc2c(F)cc(N3CCCCC3)cc2F)CC1. The molecule has 0 bridgehead atoms. The minimum absolute atomic E-state index is 0.192. The molecule has 0 unspecified atom stereocenters. The fourth-order valence-electron chi connectivity index (χ4n) is 3.58. The van der Waals surface area contributed by atoms with Crippen LogP contribution in [-0.2, 0) is 6.42 Å². The van der Waals surface area contributed by atoms with E-state index in [-0.39, 0.29) is 11.7 Å². The van der Waals surface area contributed by atoms with Crippen LogP contribution in [0.4, 0.5) is 14.5 Å². The fraction of sp³-hybridized carbons (Fsp3) is 0.667. The zero-order valence-electron chi connectivity index (χ0n) is 13.6. The number of likely N-dealkylation sites (tertiary alicyclic amines) is 1. The maximum absolute atomic E-state index is 14.4. The molecule has 1 aromatic rings. The van der Waals surface area contributed by atoms with Crippen molar-refractivity contribution < 1.29 is 13.9 Å². The molecule has 2 fully saturated rings. The van der Waals surface area contributed by atoms with Gasteiger partial charge in [-0.2, -0.15) is 0 Å². The number of nitrogens with zero attached hydrogens (tertiary/aromatic N) is 2. The van der Waals surface area contributed by atoms with E-state index in [0.29, 0.717) is 18.7 Å². The van der Waals surface area contributed by atoms with E-state index in [1.54, 1.807) is 0 Å². The van der Waals surface area contributed by atoms with E-state index in [4.69, 9.17) is 0 Å². The zero-order chi connectivity index (χ0) is 16.2. The molecular weight excluding hydrogens is 298 g/mol. The van der Waals surface area contributed by atoms with Gasteiger partial charge in [0.1, 0.15) is 11.6 Å². The lowest BCUT2D eigenvalue weighted by molar-refractivity contribution is 0.0830. The molecule has 2 heterocycles. The maximum Gasteiger partial charge on any atom is 0.131 e. The number of piperidine rings is 2. The summed E-state index contributed by atoms with van der Waals surface area (Å²) in [6.45, 7) is 4.01. The van der Waals surface area contributed by atoms with E-state index in [9.17, 15) is 13.9 Å². The molecule has 23 heavy (non-hydrogen) atoms. The van der Waals surface area contributed by atoms with Crippen LogP contribution in [-0.4, -0.2) is 48.8 Å². The summed E-state index contributed by atoms with van der Waals surface area (Å²) in [6, 6.07) is 2.98. The van der Waals surface area contributed by atoms with Gasteiger partial charge in [-0.05, 0) is 50.7 Å². The van der Waals surface area contributed by atoms with Crippen LogP contribution in [0.2, 0.25) is 0 Å². The fourth-order valence-corrected chi connectivity index (χ4v) is 3.58. The number of hydrogen-bond acceptors (Lipinski definition) is 3. The van der Waals surface area contributed by atoms with Crippen molar-refractivity contribution >= 4 is 5.69 Å². The van der Waals surface area contributed by atoms with E-state index < -0.39 is 11.6 Å². The molecule has 0 aromatic heterocycles. The van der Waals surface area contributed by atoms with Gasteiger partial charge in [0, 0.05) is 44.0 Å². The Kier molecular flexibility index (Phi) is 5.49. The van der Waals surface area contributed by atoms with Crippen molar-refractivity contribution in [1.82, 2.24) is 4.90 Å². The first kappa shape index (κ1) is 16.7. The Morgan fingerprint density at radius 3 is 2.17 bits per heavy atom. The van der Waals surface area contributed by atoms with E-state index in [1.165, 1.54) is 18.6 Å². The number of aliphatic hydroxyl groups is 1. The van der Waals surface area contributed by atoms with Crippen molar-refractivity contribution in [2.45, 2.75) is 44.6 Å². The minimum Gasteiger partial charge on any atom is -0.393 e. The van der Waals surface area contributed by atoms with Gasteiger partial charge in [0.15, 0.2) is 0 Å². The molecule has 0 aliphatic carbocycles.